The summed E-state index contributed by atoms with van der Waals surface area (Å²) in [6, 6.07) is 15.0. The maximum atomic E-state index is 11.3. The van der Waals surface area contributed by atoms with E-state index in [1.165, 1.54) is 0 Å². The molecular formula is C19H24ClIN4O. The van der Waals surface area contributed by atoms with Gasteiger partial charge in [-0.3, -0.25) is 4.79 Å². The Balaban J connectivity index is 0.00000338. The van der Waals surface area contributed by atoms with Gasteiger partial charge in [-0.1, -0.05) is 41.9 Å². The van der Waals surface area contributed by atoms with E-state index in [9.17, 15) is 4.79 Å². The quantitative estimate of drug-likeness (QED) is 0.372. The number of nitrogens with one attached hydrogen (secondary N) is 1. The van der Waals surface area contributed by atoms with E-state index in [0.717, 1.165) is 28.7 Å². The molecule has 0 bridgehead atoms. The summed E-state index contributed by atoms with van der Waals surface area (Å²) in [6.45, 7) is 3.88. The third-order valence-corrected chi connectivity index (χ3v) is 4.05. The summed E-state index contributed by atoms with van der Waals surface area (Å²) in [7, 11) is 1.96. The van der Waals surface area contributed by atoms with Crippen LogP contribution < -0.4 is 11.1 Å². The van der Waals surface area contributed by atoms with Crippen molar-refractivity contribution in [1.29, 1.82) is 0 Å². The molecule has 0 aliphatic carbocycles. The smallest absolute Gasteiger partial charge is 0.248 e. The third-order valence-electron chi connectivity index (χ3n) is 3.68. The van der Waals surface area contributed by atoms with Crippen LogP contribution >= 0.6 is 35.6 Å². The average molecular weight is 487 g/mol. The monoisotopic (exact) mass is 486 g/mol. The van der Waals surface area contributed by atoms with Gasteiger partial charge in [-0.15, -0.1) is 24.0 Å². The lowest BCUT2D eigenvalue weighted by atomic mass is 10.1. The Morgan fingerprint density at radius 2 is 1.96 bits per heavy atom. The van der Waals surface area contributed by atoms with Crippen molar-refractivity contribution in [2.75, 3.05) is 13.6 Å². The van der Waals surface area contributed by atoms with E-state index < -0.39 is 5.91 Å². The number of primary amides is 1. The number of hydrogen-bond donors (Lipinski definition) is 2. The van der Waals surface area contributed by atoms with E-state index in [2.05, 4.69) is 10.3 Å². The Hall–Kier alpha value is -1.80. The summed E-state index contributed by atoms with van der Waals surface area (Å²) < 4.78 is 0. The number of hydrogen-bond acceptors (Lipinski definition) is 2. The van der Waals surface area contributed by atoms with Gasteiger partial charge >= 0.3 is 0 Å². The van der Waals surface area contributed by atoms with Gasteiger partial charge in [0, 0.05) is 30.7 Å². The number of nitrogens with two attached hydrogens (primary N) is 1. The van der Waals surface area contributed by atoms with E-state index >= 15 is 0 Å². The molecule has 0 aliphatic rings. The molecule has 0 radical (unpaired) electrons. The number of rotatable bonds is 6. The van der Waals surface area contributed by atoms with Crippen LogP contribution in [0.2, 0.25) is 5.02 Å². The fourth-order valence-corrected chi connectivity index (χ4v) is 2.61. The van der Waals surface area contributed by atoms with Gasteiger partial charge in [0.1, 0.15) is 0 Å². The average Bonchev–Trinajstić information content (AvgIpc) is 2.60. The topological polar surface area (TPSA) is 70.7 Å². The SMILES string of the molecule is CCNC(=NCc1cccc(C(N)=O)c1)N(C)Cc1ccccc1Cl.I. The summed E-state index contributed by atoms with van der Waals surface area (Å²) in [5, 5.41) is 4.01. The molecule has 0 saturated heterocycles. The first-order valence-electron chi connectivity index (χ1n) is 8.13. The second kappa shape index (κ2) is 11.0. The van der Waals surface area contributed by atoms with Crippen molar-refractivity contribution >= 4 is 47.4 Å². The first-order valence-corrected chi connectivity index (χ1v) is 8.50. The maximum absolute atomic E-state index is 11.3. The Labute approximate surface area is 176 Å². The minimum atomic E-state index is -0.437. The number of carbonyl (C=O) groups excluding carboxylic acids is 1. The molecule has 26 heavy (non-hydrogen) atoms. The van der Waals surface area contributed by atoms with Crippen LogP contribution in [0.25, 0.3) is 0 Å². The van der Waals surface area contributed by atoms with E-state index in [0.29, 0.717) is 18.7 Å². The molecule has 0 aromatic heterocycles. The fraction of sp³-hybridized carbons (Fsp3) is 0.263. The lowest BCUT2D eigenvalue weighted by molar-refractivity contribution is 0.1000. The highest BCUT2D eigenvalue weighted by Gasteiger charge is 2.09. The molecule has 140 valence electrons. The van der Waals surface area contributed by atoms with Gasteiger partial charge in [0.25, 0.3) is 0 Å². The molecule has 0 atom stereocenters. The first kappa shape index (κ1) is 22.2. The summed E-state index contributed by atoms with van der Waals surface area (Å²) in [5.41, 5.74) is 7.78. The van der Waals surface area contributed by atoms with Crippen LogP contribution in [-0.4, -0.2) is 30.4 Å². The van der Waals surface area contributed by atoms with Crippen molar-refractivity contribution in [2.24, 2.45) is 10.7 Å². The van der Waals surface area contributed by atoms with E-state index in [1.54, 1.807) is 12.1 Å². The molecule has 0 saturated carbocycles. The molecule has 7 heteroatoms. The molecule has 0 fully saturated rings. The van der Waals surface area contributed by atoms with Gasteiger partial charge < -0.3 is 16.0 Å². The van der Waals surface area contributed by atoms with Crippen molar-refractivity contribution in [3.63, 3.8) is 0 Å². The lowest BCUT2D eigenvalue weighted by Gasteiger charge is -2.22. The highest BCUT2D eigenvalue weighted by molar-refractivity contribution is 14.0. The number of halogens is 2. The molecule has 0 unspecified atom stereocenters. The molecule has 0 aliphatic heterocycles. The number of nitrogens with zero attached hydrogens (tertiary/aromatic N) is 2. The number of carbonyl (C=O) groups is 1. The van der Waals surface area contributed by atoms with Crippen molar-refractivity contribution < 1.29 is 4.79 Å². The number of benzene rings is 2. The third kappa shape index (κ3) is 6.49. The highest BCUT2D eigenvalue weighted by atomic mass is 127. The molecule has 2 aromatic rings. The Bertz CT molecular complexity index is 767. The molecular weight excluding hydrogens is 463 g/mol. The van der Waals surface area contributed by atoms with Gasteiger partial charge in [-0.2, -0.15) is 0 Å². The number of amides is 1. The second-order valence-electron chi connectivity index (χ2n) is 5.68. The van der Waals surface area contributed by atoms with Crippen molar-refractivity contribution in [2.45, 2.75) is 20.0 Å². The van der Waals surface area contributed by atoms with Gasteiger partial charge in [-0.25, -0.2) is 4.99 Å². The van der Waals surface area contributed by atoms with Crippen LogP contribution in [0.1, 0.15) is 28.4 Å². The molecule has 2 rings (SSSR count). The molecule has 3 N–H and O–H groups in total. The van der Waals surface area contributed by atoms with Crippen LogP contribution in [0.5, 0.6) is 0 Å². The normalized spacial score (nSPS) is 10.8. The summed E-state index contributed by atoms with van der Waals surface area (Å²) in [6.07, 6.45) is 0. The van der Waals surface area contributed by atoms with Crippen LogP contribution in [0.4, 0.5) is 0 Å². The Morgan fingerprint density at radius 3 is 2.62 bits per heavy atom. The standard InChI is InChI=1S/C19H23ClN4O.HI/c1-3-22-19(24(2)13-16-8-4-5-10-17(16)20)23-12-14-7-6-9-15(11-14)18(21)25;/h4-11H,3,12-13H2,1-2H3,(H2,21,25)(H,22,23);1H. The van der Waals surface area contributed by atoms with E-state index in [4.69, 9.17) is 17.3 Å². The zero-order valence-electron chi connectivity index (χ0n) is 14.9. The largest absolute Gasteiger partial charge is 0.366 e. The van der Waals surface area contributed by atoms with Crippen molar-refractivity contribution in [3.05, 3.63) is 70.2 Å². The summed E-state index contributed by atoms with van der Waals surface area (Å²) >= 11 is 6.24. The molecule has 0 spiro atoms. The molecule has 1 amide bonds. The van der Waals surface area contributed by atoms with Gasteiger partial charge in [0.2, 0.25) is 5.91 Å². The van der Waals surface area contributed by atoms with Crippen LogP contribution in [0.15, 0.2) is 53.5 Å². The van der Waals surface area contributed by atoms with Crippen molar-refractivity contribution in [3.8, 4) is 0 Å². The summed E-state index contributed by atoms with van der Waals surface area (Å²) in [5.74, 6) is 0.334. The van der Waals surface area contributed by atoms with Gasteiger partial charge in [0.15, 0.2) is 5.96 Å². The first-order chi connectivity index (χ1) is 12.0. The predicted octanol–water partition coefficient (Wildman–Crippen LogP) is 3.65. The van der Waals surface area contributed by atoms with Crippen LogP contribution in [0.3, 0.4) is 0 Å². The van der Waals surface area contributed by atoms with E-state index in [1.807, 2.05) is 55.3 Å². The second-order valence-corrected chi connectivity index (χ2v) is 6.09. The molecule has 2 aromatic carbocycles. The minimum absolute atomic E-state index is 0. The molecule has 0 heterocycles. The van der Waals surface area contributed by atoms with Crippen LogP contribution in [-0.2, 0) is 13.1 Å². The van der Waals surface area contributed by atoms with Gasteiger partial charge in [0.05, 0.1) is 6.54 Å². The van der Waals surface area contributed by atoms with Crippen LogP contribution in [0, 0.1) is 0 Å². The predicted molar refractivity (Wildman–Crippen MR) is 118 cm³/mol. The number of aliphatic imine (C=N–C) groups is 1. The lowest BCUT2D eigenvalue weighted by Crippen LogP contribution is -2.38. The van der Waals surface area contributed by atoms with Gasteiger partial charge in [-0.05, 0) is 36.2 Å². The van der Waals surface area contributed by atoms with E-state index in [-0.39, 0.29) is 24.0 Å². The molecule has 5 nitrogen and oxygen atoms in total. The zero-order valence-corrected chi connectivity index (χ0v) is 18.0. The number of guanidine groups is 1. The summed E-state index contributed by atoms with van der Waals surface area (Å²) in [4.78, 5) is 18.0. The minimum Gasteiger partial charge on any atom is -0.366 e. The Kier molecular flexibility index (Phi) is 9.43. The Morgan fingerprint density at radius 1 is 1.23 bits per heavy atom. The fourth-order valence-electron chi connectivity index (χ4n) is 2.42. The zero-order chi connectivity index (χ0) is 18.2. The maximum Gasteiger partial charge on any atom is 0.248 e. The highest BCUT2D eigenvalue weighted by Crippen LogP contribution is 2.16. The van der Waals surface area contributed by atoms with Crippen molar-refractivity contribution in [1.82, 2.24) is 10.2 Å².